The molecular weight excluding hydrogens is 256 g/mol. The Morgan fingerprint density at radius 1 is 1.20 bits per heavy atom. The van der Waals surface area contributed by atoms with Crippen LogP contribution < -0.4 is 10.5 Å². The Labute approximate surface area is 116 Å². The predicted octanol–water partition coefficient (Wildman–Crippen LogP) is 1.58. The van der Waals surface area contributed by atoms with Gasteiger partial charge in [-0.2, -0.15) is 0 Å². The number of hydrogen-bond donors (Lipinski definition) is 2. The SMILES string of the molecule is N/C(=N/O)c1ccncc1OCCCc1ccncc1. The first-order chi connectivity index (χ1) is 9.81. The van der Waals surface area contributed by atoms with Crippen molar-refractivity contribution in [2.75, 3.05) is 6.61 Å². The number of rotatable bonds is 6. The van der Waals surface area contributed by atoms with Crippen molar-refractivity contribution in [2.45, 2.75) is 12.8 Å². The van der Waals surface area contributed by atoms with Crippen LogP contribution in [0.25, 0.3) is 0 Å². The number of oxime groups is 1. The van der Waals surface area contributed by atoms with Crippen LogP contribution in [0.15, 0.2) is 48.1 Å². The van der Waals surface area contributed by atoms with Crippen LogP contribution >= 0.6 is 0 Å². The number of aromatic nitrogens is 2. The molecule has 0 unspecified atom stereocenters. The van der Waals surface area contributed by atoms with E-state index in [0.29, 0.717) is 17.9 Å². The molecule has 0 atom stereocenters. The second-order valence-electron chi connectivity index (χ2n) is 4.16. The molecule has 0 aliphatic rings. The molecule has 2 aromatic rings. The van der Waals surface area contributed by atoms with E-state index in [1.807, 2.05) is 12.1 Å². The molecule has 0 bridgehead atoms. The van der Waals surface area contributed by atoms with E-state index in [9.17, 15) is 0 Å². The van der Waals surface area contributed by atoms with Gasteiger partial charge in [-0.1, -0.05) is 5.16 Å². The Balaban J connectivity index is 1.88. The quantitative estimate of drug-likeness (QED) is 0.274. The average molecular weight is 272 g/mol. The number of ether oxygens (including phenoxy) is 1. The summed E-state index contributed by atoms with van der Waals surface area (Å²) in [5.74, 6) is 0.522. The van der Waals surface area contributed by atoms with Gasteiger partial charge in [0.25, 0.3) is 0 Å². The van der Waals surface area contributed by atoms with E-state index in [2.05, 4.69) is 15.1 Å². The zero-order valence-electron chi connectivity index (χ0n) is 10.9. The molecule has 0 radical (unpaired) electrons. The number of hydrogen-bond acceptors (Lipinski definition) is 5. The largest absolute Gasteiger partial charge is 0.491 e. The van der Waals surface area contributed by atoms with Crippen molar-refractivity contribution in [2.24, 2.45) is 10.9 Å². The zero-order valence-corrected chi connectivity index (χ0v) is 10.9. The van der Waals surface area contributed by atoms with Crippen LogP contribution in [0.5, 0.6) is 5.75 Å². The molecule has 6 heteroatoms. The lowest BCUT2D eigenvalue weighted by molar-refractivity contribution is 0.306. The van der Waals surface area contributed by atoms with Crippen LogP contribution in [0.4, 0.5) is 0 Å². The maximum atomic E-state index is 8.71. The summed E-state index contributed by atoms with van der Waals surface area (Å²) in [5, 5.41) is 11.7. The van der Waals surface area contributed by atoms with Gasteiger partial charge in [0, 0.05) is 18.6 Å². The second kappa shape index (κ2) is 7.08. The molecule has 6 nitrogen and oxygen atoms in total. The summed E-state index contributed by atoms with van der Waals surface area (Å²) in [6, 6.07) is 5.60. The molecule has 0 aromatic carbocycles. The number of pyridine rings is 2. The van der Waals surface area contributed by atoms with Crippen LogP contribution in [-0.4, -0.2) is 27.6 Å². The number of aryl methyl sites for hydroxylation is 1. The highest BCUT2D eigenvalue weighted by Gasteiger charge is 2.07. The van der Waals surface area contributed by atoms with Crippen LogP contribution in [0, 0.1) is 0 Å². The van der Waals surface area contributed by atoms with Crippen molar-refractivity contribution < 1.29 is 9.94 Å². The van der Waals surface area contributed by atoms with Crippen LogP contribution in [-0.2, 0) is 6.42 Å². The van der Waals surface area contributed by atoms with Gasteiger partial charge in [0.15, 0.2) is 5.84 Å². The van der Waals surface area contributed by atoms with Crippen LogP contribution in [0.2, 0.25) is 0 Å². The Morgan fingerprint density at radius 3 is 2.70 bits per heavy atom. The molecule has 104 valence electrons. The first-order valence-corrected chi connectivity index (χ1v) is 6.25. The number of nitrogens with zero attached hydrogens (tertiary/aromatic N) is 3. The van der Waals surface area contributed by atoms with Gasteiger partial charge in [-0.25, -0.2) is 0 Å². The second-order valence-corrected chi connectivity index (χ2v) is 4.16. The Hall–Kier alpha value is -2.63. The standard InChI is InChI=1S/C14H16N4O2/c15-14(18-19)12-5-8-17-10-13(12)20-9-1-2-11-3-6-16-7-4-11/h3-8,10,19H,1-2,9H2,(H2,15,18). The Kier molecular flexibility index (Phi) is 4.88. The van der Waals surface area contributed by atoms with E-state index >= 15 is 0 Å². The van der Waals surface area contributed by atoms with Crippen LogP contribution in [0.1, 0.15) is 17.5 Å². The fraction of sp³-hybridized carbons (Fsp3) is 0.214. The van der Waals surface area contributed by atoms with Gasteiger partial charge < -0.3 is 15.7 Å². The van der Waals surface area contributed by atoms with Crippen molar-refractivity contribution in [3.63, 3.8) is 0 Å². The Bertz CT molecular complexity index is 572. The number of amidine groups is 1. The first-order valence-electron chi connectivity index (χ1n) is 6.25. The maximum absolute atomic E-state index is 8.71. The molecule has 0 fully saturated rings. The summed E-state index contributed by atoms with van der Waals surface area (Å²) in [6.45, 7) is 0.528. The smallest absolute Gasteiger partial charge is 0.173 e. The predicted molar refractivity (Wildman–Crippen MR) is 74.8 cm³/mol. The zero-order chi connectivity index (χ0) is 14.2. The van der Waals surface area contributed by atoms with Crippen LogP contribution in [0.3, 0.4) is 0 Å². The third kappa shape index (κ3) is 3.68. The van der Waals surface area contributed by atoms with Gasteiger partial charge in [-0.15, -0.1) is 0 Å². The minimum absolute atomic E-state index is 0.0107. The molecular formula is C14H16N4O2. The summed E-state index contributed by atoms with van der Waals surface area (Å²) in [7, 11) is 0. The van der Waals surface area contributed by atoms with E-state index < -0.39 is 0 Å². The van der Waals surface area contributed by atoms with E-state index in [-0.39, 0.29) is 5.84 Å². The molecule has 2 aromatic heterocycles. The lowest BCUT2D eigenvalue weighted by Crippen LogP contribution is -2.15. The fourth-order valence-corrected chi connectivity index (χ4v) is 1.77. The summed E-state index contributed by atoms with van der Waals surface area (Å²) in [4.78, 5) is 7.94. The molecule has 0 aliphatic heterocycles. The van der Waals surface area contributed by atoms with E-state index in [4.69, 9.17) is 15.7 Å². The lowest BCUT2D eigenvalue weighted by Gasteiger charge is -2.09. The molecule has 0 amide bonds. The topological polar surface area (TPSA) is 93.6 Å². The summed E-state index contributed by atoms with van der Waals surface area (Å²) >= 11 is 0. The van der Waals surface area contributed by atoms with Gasteiger partial charge in [0.2, 0.25) is 0 Å². The minimum Gasteiger partial charge on any atom is -0.491 e. The molecule has 0 saturated heterocycles. The lowest BCUT2D eigenvalue weighted by atomic mass is 10.1. The highest BCUT2D eigenvalue weighted by Crippen LogP contribution is 2.16. The number of nitrogens with two attached hydrogens (primary N) is 1. The van der Waals surface area contributed by atoms with Crippen molar-refractivity contribution in [3.8, 4) is 5.75 Å². The molecule has 0 spiro atoms. The van der Waals surface area contributed by atoms with Gasteiger partial charge in [0.05, 0.1) is 18.4 Å². The third-order valence-corrected chi connectivity index (χ3v) is 2.78. The maximum Gasteiger partial charge on any atom is 0.173 e. The molecule has 2 rings (SSSR count). The average Bonchev–Trinajstić information content (AvgIpc) is 2.52. The van der Waals surface area contributed by atoms with Crippen molar-refractivity contribution >= 4 is 5.84 Å². The Morgan fingerprint density at radius 2 is 1.95 bits per heavy atom. The molecule has 20 heavy (non-hydrogen) atoms. The fourth-order valence-electron chi connectivity index (χ4n) is 1.77. The summed E-state index contributed by atoms with van der Waals surface area (Å²) in [6.07, 6.45) is 8.43. The monoisotopic (exact) mass is 272 g/mol. The summed E-state index contributed by atoms with van der Waals surface area (Å²) in [5.41, 5.74) is 7.32. The van der Waals surface area contributed by atoms with Crippen molar-refractivity contribution in [3.05, 3.63) is 54.1 Å². The summed E-state index contributed by atoms with van der Waals surface area (Å²) < 4.78 is 5.63. The first kappa shape index (κ1) is 13.8. The van der Waals surface area contributed by atoms with Crippen molar-refractivity contribution in [1.29, 1.82) is 0 Å². The minimum atomic E-state index is 0.0107. The van der Waals surface area contributed by atoms with E-state index in [0.717, 1.165) is 12.8 Å². The highest BCUT2D eigenvalue weighted by atomic mass is 16.5. The van der Waals surface area contributed by atoms with Gasteiger partial charge in [-0.3, -0.25) is 9.97 Å². The van der Waals surface area contributed by atoms with Gasteiger partial charge >= 0.3 is 0 Å². The molecule has 3 N–H and O–H groups in total. The molecule has 2 heterocycles. The van der Waals surface area contributed by atoms with Crippen molar-refractivity contribution in [1.82, 2.24) is 9.97 Å². The van der Waals surface area contributed by atoms with Gasteiger partial charge in [-0.05, 0) is 36.6 Å². The van der Waals surface area contributed by atoms with E-state index in [1.54, 1.807) is 30.9 Å². The molecule has 0 saturated carbocycles. The normalized spacial score (nSPS) is 11.3. The van der Waals surface area contributed by atoms with Gasteiger partial charge in [0.1, 0.15) is 5.75 Å². The van der Waals surface area contributed by atoms with E-state index in [1.165, 1.54) is 5.56 Å². The highest BCUT2D eigenvalue weighted by molar-refractivity contribution is 5.99. The third-order valence-electron chi connectivity index (χ3n) is 2.78. The molecule has 0 aliphatic carbocycles.